The van der Waals surface area contributed by atoms with E-state index in [0.717, 1.165) is 37.6 Å². The summed E-state index contributed by atoms with van der Waals surface area (Å²) in [4.78, 5) is 13.7. The van der Waals surface area contributed by atoms with Crippen LogP contribution in [-0.2, 0) is 17.8 Å². The molecule has 0 bridgehead atoms. The van der Waals surface area contributed by atoms with Crippen molar-refractivity contribution in [2.45, 2.75) is 51.6 Å². The Morgan fingerprint density at radius 2 is 2.20 bits per heavy atom. The van der Waals surface area contributed by atoms with E-state index >= 15 is 0 Å². The lowest BCUT2D eigenvalue weighted by Crippen LogP contribution is -2.36. The van der Waals surface area contributed by atoms with Crippen LogP contribution in [0.3, 0.4) is 0 Å². The summed E-state index contributed by atoms with van der Waals surface area (Å²) in [7, 11) is 0. The molecule has 0 aliphatic carbocycles. The normalized spacial score (nSPS) is 27.2. The van der Waals surface area contributed by atoms with Crippen LogP contribution in [0.1, 0.15) is 50.3 Å². The van der Waals surface area contributed by atoms with Gasteiger partial charge < -0.3 is 9.67 Å². The Hall–Kier alpha value is -1.43. The topological polar surface area (TPSA) is 71.2 Å². The average Bonchev–Trinajstić information content (AvgIpc) is 2.89. The third-order valence-electron chi connectivity index (χ3n) is 4.64. The summed E-state index contributed by atoms with van der Waals surface area (Å²) in [5.41, 5.74) is 0. The van der Waals surface area contributed by atoms with Crippen molar-refractivity contribution in [2.75, 3.05) is 13.1 Å². The molecule has 1 aromatic heterocycles. The summed E-state index contributed by atoms with van der Waals surface area (Å²) in [5.74, 6) is 0.939. The molecule has 1 aromatic rings. The second-order valence-corrected chi connectivity index (χ2v) is 5.80. The van der Waals surface area contributed by atoms with Crippen LogP contribution >= 0.6 is 0 Å². The third-order valence-corrected chi connectivity index (χ3v) is 4.64. The molecule has 0 saturated carbocycles. The van der Waals surface area contributed by atoms with Crippen LogP contribution < -0.4 is 0 Å². The van der Waals surface area contributed by atoms with E-state index in [-0.39, 0.29) is 5.92 Å². The molecule has 3 rings (SSSR count). The molecule has 2 unspecified atom stereocenters. The maximum Gasteiger partial charge on any atom is 0.308 e. The number of aliphatic carboxylic acids is 1. The quantitative estimate of drug-likeness (QED) is 0.906. The molecule has 0 amide bonds. The molecule has 3 heterocycles. The van der Waals surface area contributed by atoms with Crippen LogP contribution in [0, 0.1) is 5.92 Å². The number of aryl methyl sites for hydroxylation is 1. The van der Waals surface area contributed by atoms with Crippen molar-refractivity contribution < 1.29 is 9.90 Å². The van der Waals surface area contributed by atoms with Crippen LogP contribution in [0.4, 0.5) is 0 Å². The van der Waals surface area contributed by atoms with Crippen LogP contribution in [-0.4, -0.2) is 43.8 Å². The first kappa shape index (κ1) is 13.5. The summed E-state index contributed by atoms with van der Waals surface area (Å²) < 4.78 is 2.07. The van der Waals surface area contributed by atoms with Gasteiger partial charge in [-0.2, -0.15) is 0 Å². The number of likely N-dealkylation sites (tertiary alicyclic amines) is 1. The van der Waals surface area contributed by atoms with E-state index in [9.17, 15) is 9.90 Å². The van der Waals surface area contributed by atoms with Gasteiger partial charge in [-0.1, -0.05) is 13.3 Å². The molecule has 0 spiro atoms. The fourth-order valence-electron chi connectivity index (χ4n) is 3.46. The van der Waals surface area contributed by atoms with E-state index < -0.39 is 5.97 Å². The van der Waals surface area contributed by atoms with E-state index in [0.29, 0.717) is 19.0 Å². The third kappa shape index (κ3) is 2.32. The maximum absolute atomic E-state index is 11.2. The molecule has 2 aliphatic rings. The van der Waals surface area contributed by atoms with Gasteiger partial charge in [-0.3, -0.25) is 9.69 Å². The van der Waals surface area contributed by atoms with E-state index in [2.05, 4.69) is 26.6 Å². The number of aromatic nitrogens is 3. The Kier molecular flexibility index (Phi) is 3.74. The predicted molar refractivity (Wildman–Crippen MR) is 73.3 cm³/mol. The lowest BCUT2D eigenvalue weighted by Gasteiger charge is -2.35. The highest BCUT2D eigenvalue weighted by Gasteiger charge is 2.32. The molecular weight excluding hydrogens is 256 g/mol. The van der Waals surface area contributed by atoms with Gasteiger partial charge in [-0.25, -0.2) is 0 Å². The van der Waals surface area contributed by atoms with Crippen LogP contribution in [0.25, 0.3) is 0 Å². The van der Waals surface area contributed by atoms with E-state index in [4.69, 9.17) is 0 Å². The number of piperidine rings is 1. The fraction of sp³-hybridized carbons (Fsp3) is 0.786. The fourth-order valence-corrected chi connectivity index (χ4v) is 3.46. The molecule has 1 fully saturated rings. The molecule has 1 N–H and O–H groups in total. The van der Waals surface area contributed by atoms with Crippen LogP contribution in [0.15, 0.2) is 0 Å². The highest BCUT2D eigenvalue weighted by Crippen LogP contribution is 2.32. The zero-order valence-electron chi connectivity index (χ0n) is 12.0. The zero-order valence-corrected chi connectivity index (χ0v) is 12.0. The Labute approximate surface area is 118 Å². The summed E-state index contributed by atoms with van der Waals surface area (Å²) in [6.07, 6.45) is 4.96. The molecule has 2 atom stereocenters. The molecule has 6 heteroatoms. The maximum atomic E-state index is 11.2. The van der Waals surface area contributed by atoms with E-state index in [1.165, 1.54) is 12.8 Å². The highest BCUT2D eigenvalue weighted by molar-refractivity contribution is 5.70. The van der Waals surface area contributed by atoms with Crippen molar-refractivity contribution in [3.05, 3.63) is 11.6 Å². The highest BCUT2D eigenvalue weighted by atomic mass is 16.4. The number of hydrogen-bond acceptors (Lipinski definition) is 4. The van der Waals surface area contributed by atoms with Gasteiger partial charge in [-0.05, 0) is 32.4 Å². The zero-order chi connectivity index (χ0) is 14.1. The SMILES string of the molecule is CCN1CCCCC1c1nnc2n1CC(C(=O)O)CC2. The van der Waals surface area contributed by atoms with Gasteiger partial charge in [0.15, 0.2) is 0 Å². The van der Waals surface area contributed by atoms with Gasteiger partial charge in [-0.15, -0.1) is 10.2 Å². The smallest absolute Gasteiger partial charge is 0.308 e. The first-order valence-electron chi connectivity index (χ1n) is 7.59. The van der Waals surface area contributed by atoms with Gasteiger partial charge in [0.2, 0.25) is 0 Å². The first-order valence-corrected chi connectivity index (χ1v) is 7.59. The predicted octanol–water partition coefficient (Wildman–Crippen LogP) is 1.47. The minimum Gasteiger partial charge on any atom is -0.481 e. The van der Waals surface area contributed by atoms with Crippen molar-refractivity contribution in [3.63, 3.8) is 0 Å². The summed E-state index contributed by atoms with van der Waals surface area (Å²) in [5, 5.41) is 17.9. The van der Waals surface area contributed by atoms with Crippen molar-refractivity contribution in [3.8, 4) is 0 Å². The number of rotatable bonds is 3. The first-order chi connectivity index (χ1) is 9.70. The van der Waals surface area contributed by atoms with Crippen molar-refractivity contribution in [1.82, 2.24) is 19.7 Å². The van der Waals surface area contributed by atoms with Crippen molar-refractivity contribution >= 4 is 5.97 Å². The summed E-state index contributed by atoms with van der Waals surface area (Å²) in [6, 6.07) is 0.308. The standard InChI is InChI=1S/C14H22N4O2/c1-2-17-8-4-3-5-11(17)13-16-15-12-7-6-10(14(19)20)9-18(12)13/h10-11H,2-9H2,1H3,(H,19,20). The summed E-state index contributed by atoms with van der Waals surface area (Å²) >= 11 is 0. The lowest BCUT2D eigenvalue weighted by atomic mass is 9.97. The molecule has 20 heavy (non-hydrogen) atoms. The molecule has 0 radical (unpaired) electrons. The molecule has 1 saturated heterocycles. The van der Waals surface area contributed by atoms with E-state index in [1.54, 1.807) is 0 Å². The Morgan fingerprint density at radius 1 is 1.35 bits per heavy atom. The number of carbonyl (C=O) groups is 1. The Morgan fingerprint density at radius 3 is 2.95 bits per heavy atom. The van der Waals surface area contributed by atoms with Gasteiger partial charge in [0.05, 0.1) is 12.0 Å². The second kappa shape index (κ2) is 5.52. The number of fused-ring (bicyclic) bond motifs is 1. The van der Waals surface area contributed by atoms with Crippen LogP contribution in [0.5, 0.6) is 0 Å². The number of carboxylic acids is 1. The molecule has 2 aliphatic heterocycles. The number of hydrogen-bond donors (Lipinski definition) is 1. The van der Waals surface area contributed by atoms with E-state index in [1.807, 2.05) is 0 Å². The van der Waals surface area contributed by atoms with Gasteiger partial charge in [0, 0.05) is 13.0 Å². The molecule has 0 aromatic carbocycles. The molecule has 110 valence electrons. The number of carboxylic acid groups (broad SMARTS) is 1. The van der Waals surface area contributed by atoms with Crippen molar-refractivity contribution in [1.29, 1.82) is 0 Å². The monoisotopic (exact) mass is 278 g/mol. The second-order valence-electron chi connectivity index (χ2n) is 5.80. The summed E-state index contributed by atoms with van der Waals surface area (Å²) in [6.45, 7) is 4.81. The number of nitrogens with zero attached hydrogens (tertiary/aromatic N) is 4. The Balaban J connectivity index is 1.88. The minimum absolute atomic E-state index is 0.295. The molecule has 6 nitrogen and oxygen atoms in total. The lowest BCUT2D eigenvalue weighted by molar-refractivity contribution is -0.142. The van der Waals surface area contributed by atoms with Crippen LogP contribution in [0.2, 0.25) is 0 Å². The molecular formula is C14H22N4O2. The van der Waals surface area contributed by atoms with Gasteiger partial charge >= 0.3 is 5.97 Å². The van der Waals surface area contributed by atoms with Crippen molar-refractivity contribution in [2.24, 2.45) is 5.92 Å². The Bertz CT molecular complexity index is 499. The van der Waals surface area contributed by atoms with Gasteiger partial charge in [0.25, 0.3) is 0 Å². The van der Waals surface area contributed by atoms with Gasteiger partial charge in [0.1, 0.15) is 11.6 Å². The minimum atomic E-state index is -0.703. The largest absolute Gasteiger partial charge is 0.481 e. The average molecular weight is 278 g/mol.